The number of benzene rings is 1. The Morgan fingerprint density at radius 2 is 2.04 bits per heavy atom. The minimum absolute atomic E-state index is 0.541. The van der Waals surface area contributed by atoms with E-state index in [1.54, 1.807) is 6.20 Å². The minimum Gasteiger partial charge on any atom is -0.351 e. The molecule has 5 nitrogen and oxygen atoms in total. The summed E-state index contributed by atoms with van der Waals surface area (Å²) in [7, 11) is 0. The van der Waals surface area contributed by atoms with Gasteiger partial charge in [-0.25, -0.2) is 9.78 Å². The van der Waals surface area contributed by atoms with Gasteiger partial charge in [-0.1, -0.05) is 18.2 Å². The van der Waals surface area contributed by atoms with E-state index < -0.39 is 6.03 Å². The number of nitrogens with two attached hydrogens (primary N) is 1. The molecule has 3 heterocycles. The summed E-state index contributed by atoms with van der Waals surface area (Å²) in [6.07, 6.45) is 5.91. The third kappa shape index (κ3) is 2.78. The first-order chi connectivity index (χ1) is 11.7. The Morgan fingerprint density at radius 3 is 2.83 bits per heavy atom. The van der Waals surface area contributed by atoms with Gasteiger partial charge in [0.1, 0.15) is 5.65 Å². The van der Waals surface area contributed by atoms with Gasteiger partial charge in [0, 0.05) is 36.0 Å². The van der Waals surface area contributed by atoms with Crippen molar-refractivity contribution in [2.45, 2.75) is 19.4 Å². The lowest BCUT2D eigenvalue weighted by Gasteiger charge is -2.15. The van der Waals surface area contributed by atoms with Gasteiger partial charge in [-0.3, -0.25) is 9.47 Å². The Hall–Kier alpha value is -2.66. The highest BCUT2D eigenvalue weighted by atomic mass is 16.2. The average Bonchev–Trinajstić information content (AvgIpc) is 3.23. The van der Waals surface area contributed by atoms with Crippen LogP contribution in [0.25, 0.3) is 22.2 Å². The molecule has 4 rings (SSSR count). The normalized spacial score (nSPS) is 15.2. The zero-order chi connectivity index (χ0) is 16.5. The van der Waals surface area contributed by atoms with E-state index in [0.717, 1.165) is 23.1 Å². The van der Waals surface area contributed by atoms with Gasteiger partial charge in [0.15, 0.2) is 0 Å². The topological polar surface area (TPSA) is 64.2 Å². The number of carbonyl (C=O) groups is 1. The van der Waals surface area contributed by atoms with Gasteiger partial charge in [-0.2, -0.15) is 0 Å². The van der Waals surface area contributed by atoms with Crippen LogP contribution >= 0.6 is 0 Å². The maximum absolute atomic E-state index is 11.4. The quantitative estimate of drug-likeness (QED) is 0.807. The molecule has 0 aliphatic carbocycles. The maximum atomic E-state index is 11.4. The fourth-order valence-corrected chi connectivity index (χ4v) is 3.33. The zero-order valence-corrected chi connectivity index (χ0v) is 13.4. The van der Waals surface area contributed by atoms with E-state index in [4.69, 9.17) is 5.73 Å². The van der Waals surface area contributed by atoms with Gasteiger partial charge in [-0.05, 0) is 49.2 Å². The molecule has 0 unspecified atom stereocenters. The van der Waals surface area contributed by atoms with Gasteiger partial charge in [0.05, 0.1) is 0 Å². The van der Waals surface area contributed by atoms with Crippen molar-refractivity contribution >= 4 is 17.1 Å². The summed E-state index contributed by atoms with van der Waals surface area (Å²) in [5.74, 6) is 0. The molecule has 1 saturated heterocycles. The van der Waals surface area contributed by atoms with Crippen LogP contribution in [-0.2, 0) is 6.54 Å². The van der Waals surface area contributed by atoms with Crippen molar-refractivity contribution in [3.63, 3.8) is 0 Å². The number of nitrogens with zero attached hydrogens (tertiary/aromatic N) is 3. The number of hydrogen-bond donors (Lipinski definition) is 1. The summed E-state index contributed by atoms with van der Waals surface area (Å²) >= 11 is 0. The highest BCUT2D eigenvalue weighted by molar-refractivity contribution is 5.90. The predicted octanol–water partition coefficient (Wildman–Crippen LogP) is 3.03. The van der Waals surface area contributed by atoms with Crippen LogP contribution in [0.5, 0.6) is 0 Å². The van der Waals surface area contributed by atoms with Crippen LogP contribution in [0.2, 0.25) is 0 Å². The molecule has 0 atom stereocenters. The van der Waals surface area contributed by atoms with Crippen molar-refractivity contribution in [3.8, 4) is 11.1 Å². The van der Waals surface area contributed by atoms with E-state index in [1.807, 2.05) is 6.07 Å². The highest BCUT2D eigenvalue weighted by Gasteiger charge is 2.12. The molecule has 1 aromatic carbocycles. The summed E-state index contributed by atoms with van der Waals surface area (Å²) in [5, 5.41) is 0.788. The van der Waals surface area contributed by atoms with Gasteiger partial charge in [0.2, 0.25) is 0 Å². The van der Waals surface area contributed by atoms with Crippen LogP contribution in [-0.4, -0.2) is 33.6 Å². The Labute approximate surface area is 140 Å². The molecule has 1 radical (unpaired) electrons. The molecule has 0 spiro atoms. The summed E-state index contributed by atoms with van der Waals surface area (Å²) in [5.41, 5.74) is 9.33. The number of amides is 1. The first-order valence-electron chi connectivity index (χ1n) is 8.21. The molecule has 3 aromatic rings. The van der Waals surface area contributed by atoms with Crippen molar-refractivity contribution in [1.82, 2.24) is 14.5 Å². The predicted molar refractivity (Wildman–Crippen MR) is 93.5 cm³/mol. The smallest absolute Gasteiger partial charge is 0.324 e. The molecule has 1 amide bonds. The standard InChI is InChI=1S/C19H19N4O/c20-19(24)23-9-6-16-11-17(12-21-18(16)23)15-5-3-4-14(10-15)13-22-7-1-2-8-22/h3-5,9-12H,1-2,7-8,13H2,(H2,20,24). The van der Waals surface area contributed by atoms with E-state index in [-0.39, 0.29) is 0 Å². The van der Waals surface area contributed by atoms with Crippen molar-refractivity contribution < 1.29 is 4.79 Å². The Bertz CT molecular complexity index is 893. The molecule has 1 aliphatic rings. The molecule has 121 valence electrons. The number of carbonyl (C=O) groups excluding carboxylic acids is 1. The van der Waals surface area contributed by atoms with Crippen LogP contribution in [0, 0.1) is 6.07 Å². The first-order valence-corrected chi connectivity index (χ1v) is 8.21. The number of aromatic nitrogens is 2. The third-order valence-corrected chi connectivity index (χ3v) is 4.55. The van der Waals surface area contributed by atoms with Crippen molar-refractivity contribution in [3.05, 3.63) is 54.4 Å². The number of pyridine rings is 1. The van der Waals surface area contributed by atoms with Crippen molar-refractivity contribution in [1.29, 1.82) is 0 Å². The molecule has 24 heavy (non-hydrogen) atoms. The van der Waals surface area contributed by atoms with Crippen LogP contribution < -0.4 is 5.73 Å². The van der Waals surface area contributed by atoms with Gasteiger partial charge in [-0.15, -0.1) is 0 Å². The molecule has 2 N–H and O–H groups in total. The SMILES string of the molecule is NC(=O)n1c[c]c2cc(-c3cccc(CN4CCCC4)c3)cnc21. The number of fused-ring (bicyclic) bond motifs is 1. The van der Waals surface area contributed by atoms with Gasteiger partial charge < -0.3 is 5.73 Å². The summed E-state index contributed by atoms with van der Waals surface area (Å²) < 4.78 is 1.31. The number of likely N-dealkylation sites (tertiary alicyclic amines) is 1. The summed E-state index contributed by atoms with van der Waals surface area (Å²) in [6, 6.07) is 13.0. The summed E-state index contributed by atoms with van der Waals surface area (Å²) in [6.45, 7) is 3.37. The second-order valence-corrected chi connectivity index (χ2v) is 6.26. The van der Waals surface area contributed by atoms with Gasteiger partial charge >= 0.3 is 6.03 Å². The Morgan fingerprint density at radius 1 is 1.21 bits per heavy atom. The molecule has 0 saturated carbocycles. The molecule has 1 aliphatic heterocycles. The lowest BCUT2D eigenvalue weighted by Crippen LogP contribution is -2.18. The molecule has 0 bridgehead atoms. The lowest BCUT2D eigenvalue weighted by molar-refractivity contribution is 0.251. The fraction of sp³-hybridized carbons (Fsp3) is 0.263. The zero-order valence-electron chi connectivity index (χ0n) is 13.4. The largest absolute Gasteiger partial charge is 0.351 e. The molecular weight excluding hydrogens is 300 g/mol. The minimum atomic E-state index is -0.547. The van der Waals surface area contributed by atoms with E-state index in [1.165, 1.54) is 42.3 Å². The Balaban J connectivity index is 1.65. The van der Waals surface area contributed by atoms with Crippen molar-refractivity contribution in [2.75, 3.05) is 13.1 Å². The van der Waals surface area contributed by atoms with Crippen LogP contribution in [0.1, 0.15) is 18.4 Å². The van der Waals surface area contributed by atoms with E-state index >= 15 is 0 Å². The molecule has 2 aromatic heterocycles. The summed E-state index contributed by atoms with van der Waals surface area (Å²) in [4.78, 5) is 18.2. The van der Waals surface area contributed by atoms with E-state index in [2.05, 4.69) is 40.2 Å². The van der Waals surface area contributed by atoms with E-state index in [9.17, 15) is 4.79 Å². The first kappa shape index (κ1) is 14.9. The van der Waals surface area contributed by atoms with Crippen LogP contribution in [0.15, 0.2) is 42.7 Å². The molecular formula is C19H19N4O. The highest BCUT2D eigenvalue weighted by Crippen LogP contribution is 2.24. The van der Waals surface area contributed by atoms with Gasteiger partial charge in [0.25, 0.3) is 0 Å². The number of hydrogen-bond acceptors (Lipinski definition) is 3. The average molecular weight is 319 g/mol. The lowest BCUT2D eigenvalue weighted by atomic mass is 10.0. The van der Waals surface area contributed by atoms with Crippen molar-refractivity contribution in [2.24, 2.45) is 5.73 Å². The Kier molecular flexibility index (Phi) is 3.78. The number of primary amides is 1. The molecule has 5 heteroatoms. The second-order valence-electron chi connectivity index (χ2n) is 6.26. The van der Waals surface area contributed by atoms with E-state index in [0.29, 0.717) is 5.65 Å². The van der Waals surface area contributed by atoms with Crippen LogP contribution in [0.3, 0.4) is 0 Å². The second kappa shape index (κ2) is 6.09. The number of rotatable bonds is 3. The molecule has 1 fully saturated rings. The third-order valence-electron chi connectivity index (χ3n) is 4.55. The van der Waals surface area contributed by atoms with Crippen LogP contribution in [0.4, 0.5) is 4.79 Å². The monoisotopic (exact) mass is 319 g/mol. The maximum Gasteiger partial charge on any atom is 0.324 e. The fourth-order valence-electron chi connectivity index (χ4n) is 3.33.